The van der Waals surface area contributed by atoms with Crippen LogP contribution in [0.15, 0.2) is 42.6 Å². The van der Waals surface area contributed by atoms with Crippen LogP contribution in [0, 0.1) is 0 Å². The molecule has 2 aromatic heterocycles. The maximum atomic E-state index is 10.9. The molecule has 0 saturated carbocycles. The van der Waals surface area contributed by atoms with E-state index in [2.05, 4.69) is 10.1 Å². The van der Waals surface area contributed by atoms with Crippen LogP contribution in [-0.2, 0) is 0 Å². The number of pyridine rings is 1. The summed E-state index contributed by atoms with van der Waals surface area (Å²) in [7, 11) is 0. The lowest BCUT2D eigenvalue weighted by molar-refractivity contribution is 0.112. The number of aromatic hydroxyl groups is 1. The number of fused-ring (bicyclic) bond motifs is 1. The van der Waals surface area contributed by atoms with Crippen LogP contribution < -0.4 is 0 Å². The first-order valence-electron chi connectivity index (χ1n) is 5.38. The fourth-order valence-corrected chi connectivity index (χ4v) is 1.80. The molecule has 0 aliphatic carbocycles. The lowest BCUT2D eigenvalue weighted by Gasteiger charge is -1.97. The Morgan fingerprint density at radius 2 is 2.00 bits per heavy atom. The molecule has 0 atom stereocenters. The summed E-state index contributed by atoms with van der Waals surface area (Å²) >= 11 is 0. The van der Waals surface area contributed by atoms with Gasteiger partial charge in [0.25, 0.3) is 0 Å². The van der Waals surface area contributed by atoms with Gasteiger partial charge in [0.15, 0.2) is 17.8 Å². The highest BCUT2D eigenvalue weighted by molar-refractivity contribution is 5.84. The summed E-state index contributed by atoms with van der Waals surface area (Å²) in [4.78, 5) is 15.2. The van der Waals surface area contributed by atoms with Gasteiger partial charge in [-0.25, -0.2) is 9.50 Å². The van der Waals surface area contributed by atoms with Gasteiger partial charge in [-0.3, -0.25) is 4.79 Å². The first-order valence-corrected chi connectivity index (χ1v) is 5.38. The summed E-state index contributed by atoms with van der Waals surface area (Å²) in [6.45, 7) is 0. The van der Waals surface area contributed by atoms with E-state index in [1.807, 2.05) is 0 Å². The number of phenolic OH excluding ortho intramolecular Hbond substituents is 1. The highest BCUT2D eigenvalue weighted by Gasteiger charge is 2.11. The molecular weight excluding hydrogens is 230 g/mol. The summed E-state index contributed by atoms with van der Waals surface area (Å²) in [5.74, 6) is 0.503. The third-order valence-electron chi connectivity index (χ3n) is 2.66. The van der Waals surface area contributed by atoms with Crippen LogP contribution >= 0.6 is 0 Å². The first kappa shape index (κ1) is 10.5. The second-order valence-electron chi connectivity index (χ2n) is 3.80. The molecule has 18 heavy (non-hydrogen) atoms. The van der Waals surface area contributed by atoms with Crippen LogP contribution in [0.2, 0.25) is 0 Å². The zero-order valence-corrected chi connectivity index (χ0v) is 9.32. The van der Waals surface area contributed by atoms with E-state index in [9.17, 15) is 9.90 Å². The number of nitrogens with zero attached hydrogens (tertiary/aromatic N) is 3. The van der Waals surface area contributed by atoms with E-state index in [1.165, 1.54) is 4.52 Å². The van der Waals surface area contributed by atoms with Crippen LogP contribution in [-0.4, -0.2) is 26.0 Å². The number of aromatic nitrogens is 3. The standard InChI is InChI=1S/C13H9N3O2/c17-8-9-4-3-7-16-13(9)14-12(15-16)10-5-1-2-6-11(10)18/h1-8,18H. The number of hydrogen-bond donors (Lipinski definition) is 1. The number of rotatable bonds is 2. The Morgan fingerprint density at radius 1 is 1.17 bits per heavy atom. The highest BCUT2D eigenvalue weighted by Crippen LogP contribution is 2.26. The zero-order chi connectivity index (χ0) is 12.5. The maximum absolute atomic E-state index is 10.9. The largest absolute Gasteiger partial charge is 0.507 e. The first-order chi connectivity index (χ1) is 8.79. The average molecular weight is 239 g/mol. The van der Waals surface area contributed by atoms with Gasteiger partial charge in [0, 0.05) is 6.20 Å². The molecule has 0 aliphatic rings. The van der Waals surface area contributed by atoms with Gasteiger partial charge < -0.3 is 5.11 Å². The predicted octanol–water partition coefficient (Wildman–Crippen LogP) is 1.91. The third-order valence-corrected chi connectivity index (χ3v) is 2.66. The van der Waals surface area contributed by atoms with Crippen molar-refractivity contribution >= 4 is 11.9 Å². The SMILES string of the molecule is O=Cc1cccn2nc(-c3ccccc3O)nc12. The number of carbonyl (C=O) groups excluding carboxylic acids is 1. The van der Waals surface area contributed by atoms with Crippen molar-refractivity contribution in [2.45, 2.75) is 0 Å². The molecule has 0 spiro atoms. The van der Waals surface area contributed by atoms with E-state index >= 15 is 0 Å². The van der Waals surface area contributed by atoms with Crippen LogP contribution in [0.3, 0.4) is 0 Å². The van der Waals surface area contributed by atoms with Crippen molar-refractivity contribution in [1.82, 2.24) is 14.6 Å². The molecule has 5 heteroatoms. The Morgan fingerprint density at radius 3 is 2.78 bits per heavy atom. The van der Waals surface area contributed by atoms with E-state index in [0.29, 0.717) is 22.6 Å². The fourth-order valence-electron chi connectivity index (χ4n) is 1.80. The zero-order valence-electron chi connectivity index (χ0n) is 9.32. The molecule has 0 unspecified atom stereocenters. The molecule has 0 amide bonds. The van der Waals surface area contributed by atoms with Crippen molar-refractivity contribution in [2.24, 2.45) is 0 Å². The Bertz CT molecular complexity index is 734. The van der Waals surface area contributed by atoms with Gasteiger partial charge in [0.05, 0.1) is 11.1 Å². The molecule has 1 aromatic carbocycles. The second kappa shape index (κ2) is 3.96. The van der Waals surface area contributed by atoms with Gasteiger partial charge in [0.2, 0.25) is 0 Å². The van der Waals surface area contributed by atoms with Gasteiger partial charge in [-0.1, -0.05) is 12.1 Å². The van der Waals surface area contributed by atoms with Crippen LogP contribution in [0.5, 0.6) is 5.75 Å². The Labute approximate surface area is 102 Å². The molecule has 3 aromatic rings. The summed E-state index contributed by atoms with van der Waals surface area (Å²) < 4.78 is 1.52. The average Bonchev–Trinajstić information content (AvgIpc) is 2.82. The van der Waals surface area contributed by atoms with Crippen molar-refractivity contribution in [3.63, 3.8) is 0 Å². The smallest absolute Gasteiger partial charge is 0.185 e. The molecule has 5 nitrogen and oxygen atoms in total. The molecule has 88 valence electrons. The van der Waals surface area contributed by atoms with Crippen molar-refractivity contribution in [3.8, 4) is 17.1 Å². The van der Waals surface area contributed by atoms with Gasteiger partial charge in [-0.15, -0.1) is 5.10 Å². The summed E-state index contributed by atoms with van der Waals surface area (Å²) in [5, 5.41) is 14.0. The molecule has 0 aliphatic heterocycles. The van der Waals surface area contributed by atoms with Crippen molar-refractivity contribution in [1.29, 1.82) is 0 Å². The monoisotopic (exact) mass is 239 g/mol. The molecule has 0 radical (unpaired) electrons. The van der Waals surface area contributed by atoms with E-state index < -0.39 is 0 Å². The van der Waals surface area contributed by atoms with Crippen LogP contribution in [0.25, 0.3) is 17.0 Å². The third kappa shape index (κ3) is 1.53. The summed E-state index contributed by atoms with van der Waals surface area (Å²) in [5.41, 5.74) is 1.48. The lowest BCUT2D eigenvalue weighted by Crippen LogP contribution is -1.90. The van der Waals surface area contributed by atoms with Gasteiger partial charge in [-0.05, 0) is 24.3 Å². The van der Waals surface area contributed by atoms with Crippen LogP contribution in [0.4, 0.5) is 0 Å². The summed E-state index contributed by atoms with van der Waals surface area (Å²) in [6.07, 6.45) is 2.44. The van der Waals surface area contributed by atoms with E-state index in [4.69, 9.17) is 0 Å². The minimum Gasteiger partial charge on any atom is -0.507 e. The maximum Gasteiger partial charge on any atom is 0.185 e. The molecule has 0 saturated heterocycles. The lowest BCUT2D eigenvalue weighted by atomic mass is 10.2. The number of aldehydes is 1. The minimum absolute atomic E-state index is 0.112. The van der Waals surface area contributed by atoms with Crippen molar-refractivity contribution < 1.29 is 9.90 Å². The molecule has 1 N–H and O–H groups in total. The number of phenols is 1. The van der Waals surface area contributed by atoms with E-state index in [-0.39, 0.29) is 5.75 Å². The van der Waals surface area contributed by atoms with E-state index in [0.717, 1.165) is 6.29 Å². The predicted molar refractivity (Wildman–Crippen MR) is 65.5 cm³/mol. The quantitative estimate of drug-likeness (QED) is 0.694. The summed E-state index contributed by atoms with van der Waals surface area (Å²) in [6, 6.07) is 10.2. The molecule has 0 fully saturated rings. The number of carbonyl (C=O) groups is 1. The molecule has 2 heterocycles. The molecular formula is C13H9N3O2. The number of hydrogen-bond acceptors (Lipinski definition) is 4. The topological polar surface area (TPSA) is 67.5 Å². The number of para-hydroxylation sites is 1. The van der Waals surface area contributed by atoms with Gasteiger partial charge in [0.1, 0.15) is 5.75 Å². The molecule has 0 bridgehead atoms. The van der Waals surface area contributed by atoms with Crippen LogP contribution in [0.1, 0.15) is 10.4 Å². The highest BCUT2D eigenvalue weighted by atomic mass is 16.3. The minimum atomic E-state index is 0.112. The fraction of sp³-hybridized carbons (Fsp3) is 0. The second-order valence-corrected chi connectivity index (χ2v) is 3.80. The van der Waals surface area contributed by atoms with Gasteiger partial charge in [-0.2, -0.15) is 0 Å². The Balaban J connectivity index is 2.26. The van der Waals surface area contributed by atoms with Crippen molar-refractivity contribution in [2.75, 3.05) is 0 Å². The van der Waals surface area contributed by atoms with Crippen molar-refractivity contribution in [3.05, 3.63) is 48.2 Å². The Hall–Kier alpha value is -2.69. The van der Waals surface area contributed by atoms with E-state index in [1.54, 1.807) is 42.6 Å². The number of benzene rings is 1. The normalized spacial score (nSPS) is 10.7. The van der Waals surface area contributed by atoms with Gasteiger partial charge >= 0.3 is 0 Å². The Kier molecular flexibility index (Phi) is 2.30. The molecule has 3 rings (SSSR count).